The minimum absolute atomic E-state index is 0.454. The maximum Gasteiger partial charge on any atom is 0.129 e. The van der Waals surface area contributed by atoms with Crippen LogP contribution in [0.5, 0.6) is 11.5 Å². The second-order valence-corrected chi connectivity index (χ2v) is 7.79. The second kappa shape index (κ2) is 9.92. The number of hydrogen-bond acceptors (Lipinski definition) is 4. The lowest BCUT2D eigenvalue weighted by molar-refractivity contribution is 0.303. The first kappa shape index (κ1) is 21.3. The zero-order valence-electron chi connectivity index (χ0n) is 18.7. The molecule has 5 aromatic rings. The molecule has 0 atom stereocenters. The Kier molecular flexibility index (Phi) is 6.21. The van der Waals surface area contributed by atoms with Crippen LogP contribution in [0.25, 0.3) is 35.2 Å². The van der Waals surface area contributed by atoms with Crippen LogP contribution in [-0.4, -0.2) is 27.3 Å². The van der Waals surface area contributed by atoms with Crippen molar-refractivity contribution in [2.24, 2.45) is 0 Å². The Hall–Kier alpha value is -4.58. The van der Waals surface area contributed by atoms with E-state index in [2.05, 4.69) is 50.5 Å². The molecule has 0 saturated heterocycles. The first-order chi connectivity index (χ1) is 16.8. The van der Waals surface area contributed by atoms with E-state index in [4.69, 9.17) is 9.47 Å². The third-order valence-corrected chi connectivity index (χ3v) is 5.42. The molecule has 0 aliphatic carbocycles. The Labute approximate surface area is 197 Å². The molecule has 3 aromatic heterocycles. The van der Waals surface area contributed by atoms with E-state index in [9.17, 15) is 0 Å². The maximum absolute atomic E-state index is 5.87. The molecule has 0 aliphatic heterocycles. The van der Waals surface area contributed by atoms with E-state index < -0.39 is 0 Å². The predicted molar refractivity (Wildman–Crippen MR) is 136 cm³/mol. The fourth-order valence-corrected chi connectivity index (χ4v) is 3.62. The highest BCUT2D eigenvalue weighted by atomic mass is 16.5. The van der Waals surface area contributed by atoms with Crippen LogP contribution in [0.3, 0.4) is 0 Å². The molecule has 168 valence electrons. The number of nitrogens with one attached hydrogen (secondary N) is 2. The van der Waals surface area contributed by atoms with Crippen molar-refractivity contribution < 1.29 is 9.47 Å². The van der Waals surface area contributed by atoms with E-state index in [1.165, 1.54) is 5.39 Å². The molecule has 0 amide bonds. The second-order valence-electron chi connectivity index (χ2n) is 7.79. The predicted octanol–water partition coefficient (Wildman–Crippen LogP) is 6.21. The van der Waals surface area contributed by atoms with Gasteiger partial charge in [0.25, 0.3) is 0 Å². The summed E-state index contributed by atoms with van der Waals surface area (Å²) in [4.78, 5) is 7.34. The molecule has 6 nitrogen and oxygen atoms in total. The Bertz CT molecular complexity index is 1450. The minimum Gasteiger partial charge on any atom is -0.496 e. The van der Waals surface area contributed by atoms with E-state index in [0.717, 1.165) is 45.1 Å². The monoisotopic (exact) mass is 448 g/mol. The molecule has 5 rings (SSSR count). The van der Waals surface area contributed by atoms with E-state index in [-0.39, 0.29) is 0 Å². The largest absolute Gasteiger partial charge is 0.496 e. The first-order valence-electron chi connectivity index (χ1n) is 11.0. The number of H-pyrrole nitrogens is 2. The molecule has 6 heteroatoms. The van der Waals surface area contributed by atoms with Gasteiger partial charge < -0.3 is 14.5 Å². The van der Waals surface area contributed by atoms with Crippen LogP contribution in [0, 0.1) is 0 Å². The Morgan fingerprint density at radius 3 is 2.79 bits per heavy atom. The van der Waals surface area contributed by atoms with Crippen molar-refractivity contribution in [2.45, 2.75) is 6.61 Å². The number of rotatable bonds is 8. The molecule has 3 heterocycles. The lowest BCUT2D eigenvalue weighted by Crippen LogP contribution is -1.96. The van der Waals surface area contributed by atoms with Crippen LogP contribution in [0.4, 0.5) is 0 Å². The normalized spacial score (nSPS) is 11.6. The number of nitrogens with zero attached hydrogens (tertiary/aromatic N) is 2. The number of fused-ring (bicyclic) bond motifs is 1. The van der Waals surface area contributed by atoms with Crippen molar-refractivity contribution in [3.8, 4) is 11.5 Å². The van der Waals surface area contributed by atoms with Crippen molar-refractivity contribution in [1.29, 1.82) is 0 Å². The zero-order valence-corrected chi connectivity index (χ0v) is 18.7. The van der Waals surface area contributed by atoms with Crippen molar-refractivity contribution in [3.05, 3.63) is 107 Å². The highest BCUT2D eigenvalue weighted by molar-refractivity contribution is 5.83. The number of pyridine rings is 1. The fourth-order valence-electron chi connectivity index (χ4n) is 3.62. The Morgan fingerprint density at radius 1 is 0.941 bits per heavy atom. The standard InChI is InChI=1S/C28H24N4O2/c1-33-28-17-26(34-19-21-3-2-13-29-18-21)11-8-23(28)7-10-25-16-24(31-32-25)9-5-20-4-6-22-12-14-30-27(22)15-20/h2-18,30H,19H2,1H3,(H,31,32)/b9-5+,10-7+. The van der Waals surface area contributed by atoms with Gasteiger partial charge >= 0.3 is 0 Å². The van der Waals surface area contributed by atoms with Gasteiger partial charge in [-0.2, -0.15) is 5.10 Å². The van der Waals surface area contributed by atoms with Crippen molar-refractivity contribution in [3.63, 3.8) is 0 Å². The average Bonchev–Trinajstić information content (AvgIpc) is 3.55. The molecule has 0 bridgehead atoms. The number of aromatic amines is 2. The zero-order chi connectivity index (χ0) is 23.2. The van der Waals surface area contributed by atoms with Crippen LogP contribution < -0.4 is 9.47 Å². The molecule has 0 radical (unpaired) electrons. The smallest absolute Gasteiger partial charge is 0.129 e. The van der Waals surface area contributed by atoms with Crippen molar-refractivity contribution in [1.82, 2.24) is 20.2 Å². The minimum atomic E-state index is 0.454. The highest BCUT2D eigenvalue weighted by Crippen LogP contribution is 2.27. The molecular weight excluding hydrogens is 424 g/mol. The van der Waals surface area contributed by atoms with Crippen LogP contribution in [0.1, 0.15) is 28.1 Å². The first-order valence-corrected chi connectivity index (χ1v) is 11.0. The number of methoxy groups -OCH3 is 1. The van der Waals surface area contributed by atoms with E-state index in [1.54, 1.807) is 19.5 Å². The molecule has 0 spiro atoms. The van der Waals surface area contributed by atoms with Crippen LogP contribution in [0.2, 0.25) is 0 Å². The van der Waals surface area contributed by atoms with Crippen LogP contribution >= 0.6 is 0 Å². The summed E-state index contributed by atoms with van der Waals surface area (Å²) in [6, 6.07) is 20.0. The summed E-state index contributed by atoms with van der Waals surface area (Å²) < 4.78 is 11.4. The van der Waals surface area contributed by atoms with Crippen LogP contribution in [-0.2, 0) is 6.61 Å². The van der Waals surface area contributed by atoms with Crippen LogP contribution in [0.15, 0.2) is 79.3 Å². The number of benzene rings is 2. The maximum atomic E-state index is 5.87. The van der Waals surface area contributed by atoms with Gasteiger partial charge in [-0.25, -0.2) is 0 Å². The van der Waals surface area contributed by atoms with Crippen molar-refractivity contribution >= 4 is 35.2 Å². The van der Waals surface area contributed by atoms with Gasteiger partial charge in [0, 0.05) is 41.3 Å². The van der Waals surface area contributed by atoms with Gasteiger partial charge in [0.05, 0.1) is 18.5 Å². The summed E-state index contributed by atoms with van der Waals surface area (Å²) in [5.41, 5.74) is 5.96. The molecule has 34 heavy (non-hydrogen) atoms. The summed E-state index contributed by atoms with van der Waals surface area (Å²) in [6.45, 7) is 0.454. The Balaban J connectivity index is 1.24. The topological polar surface area (TPSA) is 75.8 Å². The summed E-state index contributed by atoms with van der Waals surface area (Å²) in [6.07, 6.45) is 13.5. The van der Waals surface area contributed by atoms with Crippen molar-refractivity contribution in [2.75, 3.05) is 7.11 Å². The Morgan fingerprint density at radius 2 is 1.91 bits per heavy atom. The van der Waals surface area contributed by atoms with Gasteiger partial charge in [0.1, 0.15) is 18.1 Å². The van der Waals surface area contributed by atoms with E-state index in [0.29, 0.717) is 6.61 Å². The molecule has 0 fully saturated rings. The van der Waals surface area contributed by atoms with Gasteiger partial charge in [0.2, 0.25) is 0 Å². The van der Waals surface area contributed by atoms with Gasteiger partial charge in [0.15, 0.2) is 0 Å². The highest BCUT2D eigenvalue weighted by Gasteiger charge is 2.04. The molecule has 2 aromatic carbocycles. The van der Waals surface area contributed by atoms with E-state index >= 15 is 0 Å². The molecule has 0 unspecified atom stereocenters. The molecular formula is C28H24N4O2. The lowest BCUT2D eigenvalue weighted by Gasteiger charge is -2.10. The number of ether oxygens (including phenoxy) is 2. The van der Waals surface area contributed by atoms with Gasteiger partial charge in [-0.1, -0.05) is 24.3 Å². The van der Waals surface area contributed by atoms with E-state index in [1.807, 2.05) is 60.8 Å². The van der Waals surface area contributed by atoms with Gasteiger partial charge in [-0.3, -0.25) is 10.1 Å². The summed E-state index contributed by atoms with van der Waals surface area (Å²) in [7, 11) is 1.65. The summed E-state index contributed by atoms with van der Waals surface area (Å²) >= 11 is 0. The molecule has 0 aliphatic rings. The molecule has 0 saturated carbocycles. The SMILES string of the molecule is COc1cc(OCc2cccnc2)ccc1/C=C/c1cc(/C=C/c2ccc3cc[nH]c3c2)n[nH]1. The third-order valence-electron chi connectivity index (χ3n) is 5.42. The van der Waals surface area contributed by atoms with Gasteiger partial charge in [-0.15, -0.1) is 0 Å². The fraction of sp³-hybridized carbons (Fsp3) is 0.0714. The average molecular weight is 449 g/mol. The summed E-state index contributed by atoms with van der Waals surface area (Å²) in [5.74, 6) is 1.48. The van der Waals surface area contributed by atoms with Gasteiger partial charge in [-0.05, 0) is 65.6 Å². The lowest BCUT2D eigenvalue weighted by atomic mass is 10.1. The quantitative estimate of drug-likeness (QED) is 0.296. The third kappa shape index (κ3) is 5.07. The molecule has 2 N–H and O–H groups in total. The summed E-state index contributed by atoms with van der Waals surface area (Å²) in [5, 5.41) is 8.64. The number of hydrogen-bond donors (Lipinski definition) is 2. The number of aromatic nitrogens is 4.